The first-order valence-corrected chi connectivity index (χ1v) is 9.10. The number of nitrogens with zero attached hydrogens (tertiary/aromatic N) is 4. The van der Waals surface area contributed by atoms with Gasteiger partial charge in [-0.05, 0) is 24.3 Å². The third-order valence-corrected chi connectivity index (χ3v) is 5.14. The molecule has 0 radical (unpaired) electrons. The number of thioether (sulfide) groups is 1. The molecule has 0 atom stereocenters. The third-order valence-electron chi connectivity index (χ3n) is 4.21. The molecule has 0 saturated carbocycles. The molecule has 1 aliphatic heterocycles. The SMILES string of the molecule is COc1cccc(-c2nnc3n2N=C(c2cc4ccccc4o2)CS3)c1. The summed E-state index contributed by atoms with van der Waals surface area (Å²) in [5, 5.41) is 15.2. The highest BCUT2D eigenvalue weighted by molar-refractivity contribution is 7.99. The molecule has 0 bridgehead atoms. The number of hydrogen-bond donors (Lipinski definition) is 0. The number of aromatic nitrogens is 3. The van der Waals surface area contributed by atoms with Gasteiger partial charge in [0.05, 0.1) is 7.11 Å². The molecular weight excluding hydrogens is 348 g/mol. The number of hydrogen-bond acceptors (Lipinski definition) is 6. The fourth-order valence-electron chi connectivity index (χ4n) is 2.91. The highest BCUT2D eigenvalue weighted by Gasteiger charge is 2.22. The van der Waals surface area contributed by atoms with Crippen LogP contribution in [0.4, 0.5) is 0 Å². The summed E-state index contributed by atoms with van der Waals surface area (Å²) in [6, 6.07) is 17.7. The summed E-state index contributed by atoms with van der Waals surface area (Å²) < 4.78 is 13.0. The Morgan fingerprint density at radius 2 is 2.00 bits per heavy atom. The standard InChI is InChI=1S/C19H14N4O2S/c1-24-14-7-4-6-13(9-14)18-20-21-19-23(18)22-15(11-26-19)17-10-12-5-2-3-8-16(12)25-17/h2-10H,11H2,1H3. The van der Waals surface area contributed by atoms with Gasteiger partial charge in [0.1, 0.15) is 17.0 Å². The molecule has 0 saturated heterocycles. The van der Waals surface area contributed by atoms with E-state index in [9.17, 15) is 0 Å². The lowest BCUT2D eigenvalue weighted by Gasteiger charge is -2.12. The van der Waals surface area contributed by atoms with Gasteiger partial charge >= 0.3 is 0 Å². The predicted octanol–water partition coefficient (Wildman–Crippen LogP) is 4.06. The van der Waals surface area contributed by atoms with Gasteiger partial charge in [-0.15, -0.1) is 10.2 Å². The highest BCUT2D eigenvalue weighted by Crippen LogP contribution is 2.31. The van der Waals surface area contributed by atoms with Crippen LogP contribution in [0.1, 0.15) is 5.76 Å². The van der Waals surface area contributed by atoms with Crippen LogP contribution in [0.25, 0.3) is 22.4 Å². The van der Waals surface area contributed by atoms with E-state index in [2.05, 4.69) is 10.2 Å². The Balaban J connectivity index is 1.60. The van der Waals surface area contributed by atoms with Crippen molar-refractivity contribution in [2.45, 2.75) is 5.16 Å². The second-order valence-electron chi connectivity index (χ2n) is 5.83. The van der Waals surface area contributed by atoms with Crippen LogP contribution in [0.15, 0.2) is 69.3 Å². The van der Waals surface area contributed by atoms with Crippen LogP contribution in [0.2, 0.25) is 0 Å². The Hall–Kier alpha value is -3.06. The van der Waals surface area contributed by atoms with Crippen LogP contribution < -0.4 is 4.74 Å². The number of methoxy groups -OCH3 is 1. The molecule has 0 amide bonds. The molecule has 4 aromatic rings. The normalized spacial score (nSPS) is 13.5. The Morgan fingerprint density at radius 1 is 1.08 bits per heavy atom. The molecule has 0 fully saturated rings. The zero-order valence-corrected chi connectivity index (χ0v) is 14.7. The van der Waals surface area contributed by atoms with Gasteiger partial charge < -0.3 is 9.15 Å². The fraction of sp³-hybridized carbons (Fsp3) is 0.105. The average Bonchev–Trinajstić information content (AvgIpc) is 3.31. The topological polar surface area (TPSA) is 65.4 Å². The van der Waals surface area contributed by atoms with Crippen molar-refractivity contribution >= 4 is 28.4 Å². The second-order valence-corrected chi connectivity index (χ2v) is 6.78. The van der Waals surface area contributed by atoms with Gasteiger partial charge in [0.25, 0.3) is 0 Å². The van der Waals surface area contributed by atoms with Crippen LogP contribution in [0.5, 0.6) is 5.75 Å². The Bertz CT molecular complexity index is 1110. The summed E-state index contributed by atoms with van der Waals surface area (Å²) in [5.74, 6) is 2.91. The molecule has 0 spiro atoms. The van der Waals surface area contributed by atoms with E-state index in [4.69, 9.17) is 14.3 Å². The van der Waals surface area contributed by atoms with E-state index in [0.29, 0.717) is 11.6 Å². The summed E-state index contributed by atoms with van der Waals surface area (Å²) >= 11 is 1.59. The van der Waals surface area contributed by atoms with Gasteiger partial charge in [-0.2, -0.15) is 9.78 Å². The molecule has 3 heterocycles. The van der Waals surface area contributed by atoms with Crippen molar-refractivity contribution in [1.29, 1.82) is 0 Å². The molecular formula is C19H14N4O2S. The smallest absolute Gasteiger partial charge is 0.212 e. The van der Waals surface area contributed by atoms with Gasteiger partial charge in [0, 0.05) is 16.7 Å². The Labute approximate surface area is 153 Å². The van der Waals surface area contributed by atoms with Crippen LogP contribution in [0.3, 0.4) is 0 Å². The average molecular weight is 362 g/mol. The molecule has 0 N–H and O–H groups in total. The minimum absolute atomic E-state index is 0.680. The maximum atomic E-state index is 5.96. The van der Waals surface area contributed by atoms with E-state index in [1.165, 1.54) is 0 Å². The van der Waals surface area contributed by atoms with Crippen molar-refractivity contribution in [3.63, 3.8) is 0 Å². The molecule has 0 unspecified atom stereocenters. The maximum Gasteiger partial charge on any atom is 0.212 e. The Kier molecular flexibility index (Phi) is 3.53. The summed E-state index contributed by atoms with van der Waals surface area (Å²) in [7, 11) is 1.64. The number of para-hydroxylation sites is 1. The van der Waals surface area contributed by atoms with Gasteiger partial charge in [0.2, 0.25) is 5.16 Å². The first kappa shape index (κ1) is 15.2. The summed E-state index contributed by atoms with van der Waals surface area (Å²) in [6.45, 7) is 0. The van der Waals surface area contributed by atoms with Crippen molar-refractivity contribution in [3.8, 4) is 17.1 Å². The van der Waals surface area contributed by atoms with E-state index in [1.807, 2.05) is 54.6 Å². The summed E-state index contributed by atoms with van der Waals surface area (Å²) in [5.41, 5.74) is 2.62. The van der Waals surface area contributed by atoms with E-state index in [0.717, 1.165) is 38.9 Å². The molecule has 0 aliphatic carbocycles. The largest absolute Gasteiger partial charge is 0.497 e. The quantitative estimate of drug-likeness (QED) is 0.550. The van der Waals surface area contributed by atoms with Gasteiger partial charge in [-0.1, -0.05) is 42.1 Å². The number of furan rings is 1. The van der Waals surface area contributed by atoms with E-state index in [-0.39, 0.29) is 0 Å². The van der Waals surface area contributed by atoms with Crippen molar-refractivity contribution in [1.82, 2.24) is 14.9 Å². The van der Waals surface area contributed by atoms with Gasteiger partial charge in [-0.3, -0.25) is 0 Å². The third kappa shape index (κ3) is 2.48. The number of ether oxygens (including phenoxy) is 1. The van der Waals surface area contributed by atoms with Crippen LogP contribution >= 0.6 is 11.8 Å². The molecule has 6 nitrogen and oxygen atoms in total. The fourth-order valence-corrected chi connectivity index (χ4v) is 3.73. The highest BCUT2D eigenvalue weighted by atomic mass is 32.2. The van der Waals surface area contributed by atoms with Crippen LogP contribution in [-0.2, 0) is 0 Å². The minimum atomic E-state index is 0.680. The van der Waals surface area contributed by atoms with Crippen molar-refractivity contribution < 1.29 is 9.15 Å². The van der Waals surface area contributed by atoms with Crippen LogP contribution in [0, 0.1) is 0 Å². The lowest BCUT2D eigenvalue weighted by molar-refractivity contribution is 0.415. The molecule has 1 aliphatic rings. The number of fused-ring (bicyclic) bond motifs is 2. The minimum Gasteiger partial charge on any atom is -0.497 e. The zero-order valence-electron chi connectivity index (χ0n) is 13.9. The first-order valence-electron chi connectivity index (χ1n) is 8.11. The van der Waals surface area contributed by atoms with E-state index in [1.54, 1.807) is 23.5 Å². The summed E-state index contributed by atoms with van der Waals surface area (Å²) in [6.07, 6.45) is 0. The molecule has 7 heteroatoms. The zero-order chi connectivity index (χ0) is 17.5. The first-order chi connectivity index (χ1) is 12.8. The van der Waals surface area contributed by atoms with Gasteiger partial charge in [-0.25, -0.2) is 0 Å². The van der Waals surface area contributed by atoms with Crippen molar-refractivity contribution in [2.24, 2.45) is 5.10 Å². The van der Waals surface area contributed by atoms with Crippen molar-refractivity contribution in [2.75, 3.05) is 12.9 Å². The predicted molar refractivity (Wildman–Crippen MR) is 101 cm³/mol. The van der Waals surface area contributed by atoms with Crippen molar-refractivity contribution in [3.05, 3.63) is 60.4 Å². The molecule has 5 rings (SSSR count). The number of benzene rings is 2. The lowest BCUT2D eigenvalue weighted by atomic mass is 10.2. The second kappa shape index (κ2) is 6.03. The number of rotatable bonds is 3. The van der Waals surface area contributed by atoms with Crippen LogP contribution in [-0.4, -0.2) is 33.4 Å². The lowest BCUT2D eigenvalue weighted by Crippen LogP contribution is -2.13. The maximum absolute atomic E-state index is 5.96. The molecule has 26 heavy (non-hydrogen) atoms. The molecule has 2 aromatic heterocycles. The summed E-state index contributed by atoms with van der Waals surface area (Å²) in [4.78, 5) is 0. The van der Waals surface area contributed by atoms with Gasteiger partial charge in [0.15, 0.2) is 11.6 Å². The Morgan fingerprint density at radius 3 is 2.88 bits per heavy atom. The monoisotopic (exact) mass is 362 g/mol. The molecule has 2 aromatic carbocycles. The van der Waals surface area contributed by atoms with E-state index >= 15 is 0 Å². The molecule has 128 valence electrons. The van der Waals surface area contributed by atoms with E-state index < -0.39 is 0 Å².